The molecule has 0 spiro atoms. The van der Waals surface area contributed by atoms with Gasteiger partial charge in [0.15, 0.2) is 5.82 Å². The molecule has 2 aromatic carbocycles. The van der Waals surface area contributed by atoms with Crippen molar-refractivity contribution in [2.24, 2.45) is 0 Å². The topological polar surface area (TPSA) is 89.8 Å². The van der Waals surface area contributed by atoms with Gasteiger partial charge in [-0.2, -0.15) is 0 Å². The molecule has 1 aliphatic carbocycles. The van der Waals surface area contributed by atoms with Gasteiger partial charge in [-0.15, -0.1) is 5.10 Å². The summed E-state index contributed by atoms with van der Waals surface area (Å²) >= 11 is 0. The zero-order valence-corrected chi connectivity index (χ0v) is 14.7. The highest BCUT2D eigenvalue weighted by atomic mass is 32.2. The van der Waals surface area contributed by atoms with Crippen molar-refractivity contribution in [2.75, 3.05) is 4.72 Å². The molecule has 1 saturated carbocycles. The first-order valence-electron chi connectivity index (χ1n) is 8.11. The third-order valence-electron chi connectivity index (χ3n) is 4.19. The van der Waals surface area contributed by atoms with Crippen molar-refractivity contribution in [1.82, 2.24) is 20.2 Å². The molecule has 0 unspecified atom stereocenters. The van der Waals surface area contributed by atoms with Crippen LogP contribution in [0.2, 0.25) is 0 Å². The van der Waals surface area contributed by atoms with Crippen LogP contribution in [0.25, 0.3) is 11.4 Å². The zero-order valence-electron chi connectivity index (χ0n) is 13.9. The van der Waals surface area contributed by atoms with Crippen LogP contribution < -0.4 is 4.72 Å². The first kappa shape index (κ1) is 16.6. The van der Waals surface area contributed by atoms with E-state index in [1.165, 1.54) is 12.1 Å². The number of rotatable bonds is 5. The standard InChI is InChI=1S/C17H16FN5O2S/c1-11-9-13(18)5-8-16(11)26(24,25)20-14-4-2-3-12(10-14)17-19-21-22-23(17)15-6-7-15/h2-5,8-10,15,20H,6-7H2,1H3. The van der Waals surface area contributed by atoms with E-state index < -0.39 is 15.8 Å². The molecule has 7 nitrogen and oxygen atoms in total. The van der Waals surface area contributed by atoms with Gasteiger partial charge in [0.2, 0.25) is 0 Å². The third-order valence-corrected chi connectivity index (χ3v) is 5.73. The Balaban J connectivity index is 1.65. The van der Waals surface area contributed by atoms with Crippen LogP contribution in [0.1, 0.15) is 24.4 Å². The maximum Gasteiger partial charge on any atom is 0.262 e. The van der Waals surface area contributed by atoms with Crippen molar-refractivity contribution in [3.8, 4) is 11.4 Å². The quantitative estimate of drug-likeness (QED) is 0.743. The summed E-state index contributed by atoms with van der Waals surface area (Å²) in [6, 6.07) is 10.8. The summed E-state index contributed by atoms with van der Waals surface area (Å²) in [6.07, 6.45) is 2.07. The number of anilines is 1. The highest BCUT2D eigenvalue weighted by Gasteiger charge is 2.28. The lowest BCUT2D eigenvalue weighted by Crippen LogP contribution is -2.14. The molecule has 1 N–H and O–H groups in total. The largest absolute Gasteiger partial charge is 0.280 e. The lowest BCUT2D eigenvalue weighted by atomic mass is 10.2. The Hall–Kier alpha value is -2.81. The summed E-state index contributed by atoms with van der Waals surface area (Å²) in [5.74, 6) is 0.127. The fraction of sp³-hybridized carbons (Fsp3) is 0.235. The van der Waals surface area contributed by atoms with E-state index in [9.17, 15) is 12.8 Å². The SMILES string of the molecule is Cc1cc(F)ccc1S(=O)(=O)Nc1cccc(-c2nnnn2C2CC2)c1. The fourth-order valence-corrected chi connectivity index (χ4v) is 4.07. The number of hydrogen-bond donors (Lipinski definition) is 1. The van der Waals surface area contributed by atoms with Crippen LogP contribution in [0.15, 0.2) is 47.4 Å². The second-order valence-corrected chi connectivity index (χ2v) is 7.93. The van der Waals surface area contributed by atoms with Crippen molar-refractivity contribution in [3.63, 3.8) is 0 Å². The van der Waals surface area contributed by atoms with Gasteiger partial charge in [-0.1, -0.05) is 12.1 Å². The minimum Gasteiger partial charge on any atom is -0.280 e. The number of halogens is 1. The Morgan fingerprint density at radius 2 is 2.00 bits per heavy atom. The number of aromatic nitrogens is 4. The van der Waals surface area contributed by atoms with Gasteiger partial charge in [-0.3, -0.25) is 4.72 Å². The van der Waals surface area contributed by atoms with Crippen LogP contribution >= 0.6 is 0 Å². The fourth-order valence-electron chi connectivity index (χ4n) is 2.79. The van der Waals surface area contributed by atoms with Gasteiger partial charge >= 0.3 is 0 Å². The summed E-state index contributed by atoms with van der Waals surface area (Å²) in [5, 5.41) is 11.8. The molecule has 9 heteroatoms. The molecule has 4 rings (SSSR count). The van der Waals surface area contributed by atoms with E-state index in [4.69, 9.17) is 0 Å². The predicted octanol–water partition coefficient (Wildman–Crippen LogP) is 2.92. The number of sulfonamides is 1. The molecule has 1 aliphatic rings. The molecule has 1 heterocycles. The minimum absolute atomic E-state index is 0.0344. The van der Waals surface area contributed by atoms with Gasteiger partial charge in [-0.25, -0.2) is 17.5 Å². The van der Waals surface area contributed by atoms with Crippen LogP contribution in [0.3, 0.4) is 0 Å². The predicted molar refractivity (Wildman–Crippen MR) is 93.5 cm³/mol. The second-order valence-electron chi connectivity index (χ2n) is 6.27. The first-order valence-corrected chi connectivity index (χ1v) is 9.60. The van der Waals surface area contributed by atoms with E-state index in [1.807, 2.05) is 6.07 Å². The van der Waals surface area contributed by atoms with Gasteiger partial charge in [0.1, 0.15) is 5.82 Å². The lowest BCUT2D eigenvalue weighted by Gasteiger charge is -2.11. The highest BCUT2D eigenvalue weighted by Crippen LogP contribution is 2.37. The van der Waals surface area contributed by atoms with E-state index >= 15 is 0 Å². The molecule has 0 bridgehead atoms. The molecule has 1 fully saturated rings. The van der Waals surface area contributed by atoms with E-state index in [1.54, 1.807) is 29.8 Å². The van der Waals surface area contributed by atoms with Crippen molar-refractivity contribution in [2.45, 2.75) is 30.7 Å². The van der Waals surface area contributed by atoms with Gasteiger partial charge in [0, 0.05) is 11.3 Å². The molecule has 26 heavy (non-hydrogen) atoms. The molecular formula is C17H16FN5O2S. The van der Waals surface area contributed by atoms with Crippen molar-refractivity contribution in [3.05, 3.63) is 53.8 Å². The van der Waals surface area contributed by atoms with Crippen LogP contribution in [0.5, 0.6) is 0 Å². The van der Waals surface area contributed by atoms with Crippen LogP contribution in [0.4, 0.5) is 10.1 Å². The second kappa shape index (κ2) is 6.17. The van der Waals surface area contributed by atoms with Crippen LogP contribution in [-0.2, 0) is 10.0 Å². The van der Waals surface area contributed by atoms with Gasteiger partial charge in [-0.05, 0) is 66.1 Å². The van der Waals surface area contributed by atoms with E-state index in [2.05, 4.69) is 20.2 Å². The molecule has 0 radical (unpaired) electrons. The third kappa shape index (κ3) is 3.17. The van der Waals surface area contributed by atoms with Crippen molar-refractivity contribution in [1.29, 1.82) is 0 Å². The maximum atomic E-state index is 13.2. The minimum atomic E-state index is -3.84. The Bertz CT molecular complexity index is 1080. The monoisotopic (exact) mass is 373 g/mol. The molecule has 1 aromatic heterocycles. The van der Waals surface area contributed by atoms with Crippen LogP contribution in [0, 0.1) is 12.7 Å². The Labute approximate surface area is 149 Å². The zero-order chi connectivity index (χ0) is 18.3. The number of nitrogens with one attached hydrogen (secondary N) is 1. The van der Waals surface area contributed by atoms with E-state index in [0.29, 0.717) is 23.1 Å². The molecular weight excluding hydrogens is 357 g/mol. The summed E-state index contributed by atoms with van der Waals surface area (Å²) in [6.45, 7) is 1.55. The van der Waals surface area contributed by atoms with E-state index in [0.717, 1.165) is 24.5 Å². The summed E-state index contributed by atoms with van der Waals surface area (Å²) in [7, 11) is -3.84. The van der Waals surface area contributed by atoms with Gasteiger partial charge < -0.3 is 0 Å². The molecule has 0 aliphatic heterocycles. The smallest absolute Gasteiger partial charge is 0.262 e. The first-order chi connectivity index (χ1) is 12.4. The molecule has 3 aromatic rings. The van der Waals surface area contributed by atoms with Gasteiger partial charge in [0.25, 0.3) is 10.0 Å². The average Bonchev–Trinajstić information content (AvgIpc) is 3.31. The van der Waals surface area contributed by atoms with E-state index in [-0.39, 0.29) is 4.90 Å². The average molecular weight is 373 g/mol. The number of aryl methyl sites for hydroxylation is 1. The number of benzene rings is 2. The Kier molecular flexibility index (Phi) is 3.95. The number of nitrogens with zero attached hydrogens (tertiary/aromatic N) is 4. The highest BCUT2D eigenvalue weighted by molar-refractivity contribution is 7.92. The molecule has 0 amide bonds. The van der Waals surface area contributed by atoms with Crippen molar-refractivity contribution < 1.29 is 12.8 Å². The molecule has 0 atom stereocenters. The summed E-state index contributed by atoms with van der Waals surface area (Å²) < 4.78 is 42.8. The normalized spacial score (nSPS) is 14.4. The van der Waals surface area contributed by atoms with Crippen LogP contribution in [-0.4, -0.2) is 28.6 Å². The van der Waals surface area contributed by atoms with Gasteiger partial charge in [0.05, 0.1) is 10.9 Å². The number of hydrogen-bond acceptors (Lipinski definition) is 5. The molecule has 134 valence electrons. The Morgan fingerprint density at radius 3 is 2.73 bits per heavy atom. The lowest BCUT2D eigenvalue weighted by molar-refractivity contribution is 0.598. The molecule has 0 saturated heterocycles. The Morgan fingerprint density at radius 1 is 1.19 bits per heavy atom. The summed E-state index contributed by atoms with van der Waals surface area (Å²) in [4.78, 5) is 0.0344. The maximum absolute atomic E-state index is 13.2. The summed E-state index contributed by atoms with van der Waals surface area (Å²) in [5.41, 5.74) is 1.45. The van der Waals surface area contributed by atoms with Crippen molar-refractivity contribution >= 4 is 15.7 Å². The number of tetrazole rings is 1.